The van der Waals surface area contributed by atoms with Gasteiger partial charge in [-0.3, -0.25) is 4.79 Å². The zero-order valence-corrected chi connectivity index (χ0v) is 11.4. The molecule has 0 spiro atoms. The summed E-state index contributed by atoms with van der Waals surface area (Å²) in [6.45, 7) is 7.47. The van der Waals surface area contributed by atoms with Crippen molar-refractivity contribution in [2.45, 2.75) is 20.0 Å². The van der Waals surface area contributed by atoms with E-state index in [0.717, 1.165) is 11.1 Å². The van der Waals surface area contributed by atoms with Crippen molar-refractivity contribution in [2.75, 3.05) is 14.1 Å². The second-order valence-electron chi connectivity index (χ2n) is 4.38. The lowest BCUT2D eigenvalue weighted by Crippen LogP contribution is -2.35. The molecule has 0 saturated carbocycles. The van der Waals surface area contributed by atoms with Gasteiger partial charge in [0.25, 0.3) is 5.91 Å². The van der Waals surface area contributed by atoms with E-state index in [9.17, 15) is 4.79 Å². The molecule has 0 heterocycles. The van der Waals surface area contributed by atoms with Crippen LogP contribution in [-0.4, -0.2) is 31.0 Å². The molecule has 3 heteroatoms. The van der Waals surface area contributed by atoms with Gasteiger partial charge in [-0.05, 0) is 32.4 Å². The number of benzene rings is 1. The first-order valence-corrected chi connectivity index (χ1v) is 5.90. The summed E-state index contributed by atoms with van der Waals surface area (Å²) in [5.74, 6) is 0.652. The quantitative estimate of drug-likeness (QED) is 0.817. The highest BCUT2D eigenvalue weighted by Gasteiger charge is 2.17. The number of hydrogen-bond donors (Lipinski definition) is 0. The van der Waals surface area contributed by atoms with Gasteiger partial charge in [0.1, 0.15) is 5.75 Å². The van der Waals surface area contributed by atoms with Crippen LogP contribution in [0.5, 0.6) is 5.75 Å². The highest BCUT2D eigenvalue weighted by Crippen LogP contribution is 2.26. The van der Waals surface area contributed by atoms with Crippen LogP contribution in [-0.2, 0) is 4.79 Å². The molecule has 0 saturated heterocycles. The van der Waals surface area contributed by atoms with Gasteiger partial charge in [0.2, 0.25) is 0 Å². The molecule has 0 aliphatic rings. The standard InChI is InChI=1S/C15H20NO2/c1-6-11(2)13-9-7-8-10-14(13)18-12(3)15(17)16(4)5/h6-10,12H,1H2,2-5H3/b11-6-. The molecular weight excluding hydrogens is 226 g/mol. The van der Waals surface area contributed by atoms with Crippen molar-refractivity contribution in [3.63, 3.8) is 0 Å². The molecule has 1 amide bonds. The predicted octanol–water partition coefficient (Wildman–Crippen LogP) is 2.78. The van der Waals surface area contributed by atoms with E-state index in [1.54, 1.807) is 27.1 Å². The number of hydrogen-bond acceptors (Lipinski definition) is 2. The first kappa shape index (κ1) is 14.3. The maximum absolute atomic E-state index is 11.8. The summed E-state index contributed by atoms with van der Waals surface area (Å²) in [7, 11) is 3.43. The molecule has 0 aliphatic heterocycles. The lowest BCUT2D eigenvalue weighted by atomic mass is 10.1. The van der Waals surface area contributed by atoms with Crippen LogP contribution in [0.1, 0.15) is 19.4 Å². The van der Waals surface area contributed by atoms with Crippen molar-refractivity contribution in [1.29, 1.82) is 0 Å². The van der Waals surface area contributed by atoms with Crippen LogP contribution < -0.4 is 4.74 Å². The van der Waals surface area contributed by atoms with Crippen LogP contribution in [0.2, 0.25) is 0 Å². The van der Waals surface area contributed by atoms with E-state index >= 15 is 0 Å². The maximum atomic E-state index is 11.8. The SMILES string of the molecule is [CH2]/C=C(/C)c1ccccc1OC(C)C(=O)N(C)C. The minimum atomic E-state index is -0.501. The zero-order chi connectivity index (χ0) is 13.7. The molecule has 0 fully saturated rings. The highest BCUT2D eigenvalue weighted by molar-refractivity contribution is 5.80. The van der Waals surface area contributed by atoms with Gasteiger partial charge >= 0.3 is 0 Å². The fraction of sp³-hybridized carbons (Fsp3) is 0.333. The highest BCUT2D eigenvalue weighted by atomic mass is 16.5. The summed E-state index contributed by atoms with van der Waals surface area (Å²) in [5.41, 5.74) is 1.99. The zero-order valence-electron chi connectivity index (χ0n) is 11.4. The molecule has 1 unspecified atom stereocenters. The van der Waals surface area contributed by atoms with Crippen LogP contribution in [0.25, 0.3) is 5.57 Å². The molecule has 97 valence electrons. The largest absolute Gasteiger partial charge is 0.480 e. The molecule has 18 heavy (non-hydrogen) atoms. The van der Waals surface area contributed by atoms with Crippen LogP contribution in [0, 0.1) is 6.92 Å². The number of carbonyl (C=O) groups excluding carboxylic acids is 1. The normalized spacial score (nSPS) is 13.1. The Morgan fingerprint density at radius 3 is 2.56 bits per heavy atom. The number of carbonyl (C=O) groups is 1. The number of para-hydroxylation sites is 1. The van der Waals surface area contributed by atoms with Gasteiger partial charge in [0.15, 0.2) is 6.10 Å². The van der Waals surface area contributed by atoms with Gasteiger partial charge < -0.3 is 9.64 Å². The second-order valence-corrected chi connectivity index (χ2v) is 4.38. The van der Waals surface area contributed by atoms with Gasteiger partial charge in [0, 0.05) is 19.7 Å². The van der Waals surface area contributed by atoms with Gasteiger partial charge in [-0.2, -0.15) is 0 Å². The Hall–Kier alpha value is -1.77. The van der Waals surface area contributed by atoms with Gasteiger partial charge in [-0.1, -0.05) is 24.3 Å². The molecule has 1 atom stereocenters. The number of amides is 1. The summed E-state index contributed by atoms with van der Waals surface area (Å²) in [4.78, 5) is 13.3. The van der Waals surface area contributed by atoms with E-state index < -0.39 is 6.10 Å². The lowest BCUT2D eigenvalue weighted by Gasteiger charge is -2.20. The van der Waals surface area contributed by atoms with Gasteiger partial charge in [0.05, 0.1) is 0 Å². The summed E-state index contributed by atoms with van der Waals surface area (Å²) in [6, 6.07) is 7.65. The van der Waals surface area contributed by atoms with E-state index in [2.05, 4.69) is 6.92 Å². The maximum Gasteiger partial charge on any atom is 0.262 e. The van der Waals surface area contributed by atoms with Gasteiger partial charge in [-0.15, -0.1) is 0 Å². The fourth-order valence-corrected chi connectivity index (χ4v) is 1.61. The Bertz CT molecular complexity index is 450. The smallest absolute Gasteiger partial charge is 0.262 e. The van der Waals surface area contributed by atoms with E-state index in [-0.39, 0.29) is 5.91 Å². The third-order valence-corrected chi connectivity index (χ3v) is 2.71. The van der Waals surface area contributed by atoms with Crippen molar-refractivity contribution in [3.8, 4) is 5.75 Å². The third-order valence-electron chi connectivity index (χ3n) is 2.71. The molecule has 1 aromatic rings. The molecule has 0 bridgehead atoms. The van der Waals surface area contributed by atoms with E-state index in [4.69, 9.17) is 4.74 Å². The summed E-state index contributed by atoms with van der Waals surface area (Å²) >= 11 is 0. The first-order chi connectivity index (χ1) is 8.47. The second kappa shape index (κ2) is 6.24. The Balaban J connectivity index is 2.95. The summed E-state index contributed by atoms with van der Waals surface area (Å²) in [5, 5.41) is 0. The average molecular weight is 246 g/mol. The average Bonchev–Trinajstić information content (AvgIpc) is 2.37. The molecule has 3 nitrogen and oxygen atoms in total. The number of rotatable bonds is 4. The number of ether oxygens (including phenoxy) is 1. The molecule has 1 aromatic carbocycles. The van der Waals surface area contributed by atoms with Gasteiger partial charge in [-0.25, -0.2) is 0 Å². The summed E-state index contributed by atoms with van der Waals surface area (Å²) in [6.07, 6.45) is 1.28. The minimum absolute atomic E-state index is 0.0546. The van der Waals surface area contributed by atoms with Crippen LogP contribution >= 0.6 is 0 Å². The summed E-state index contributed by atoms with van der Waals surface area (Å²) < 4.78 is 5.73. The molecule has 0 aliphatic carbocycles. The Morgan fingerprint density at radius 1 is 1.39 bits per heavy atom. The van der Waals surface area contributed by atoms with Crippen molar-refractivity contribution >= 4 is 11.5 Å². The Kier molecular flexibility index (Phi) is 4.95. The minimum Gasteiger partial charge on any atom is -0.480 e. The topological polar surface area (TPSA) is 29.5 Å². The third kappa shape index (κ3) is 3.36. The van der Waals surface area contributed by atoms with Crippen molar-refractivity contribution in [3.05, 3.63) is 42.8 Å². The van der Waals surface area contributed by atoms with E-state index in [1.807, 2.05) is 31.2 Å². The van der Waals surface area contributed by atoms with Crippen LogP contribution in [0.3, 0.4) is 0 Å². The molecule has 0 aromatic heterocycles. The number of likely N-dealkylation sites (N-methyl/N-ethyl adjacent to an activating group) is 1. The van der Waals surface area contributed by atoms with E-state index in [1.165, 1.54) is 4.90 Å². The van der Waals surface area contributed by atoms with Crippen LogP contribution in [0.15, 0.2) is 30.3 Å². The fourth-order valence-electron chi connectivity index (χ4n) is 1.61. The molecule has 1 radical (unpaired) electrons. The lowest BCUT2D eigenvalue weighted by molar-refractivity contribution is -0.135. The molecule has 1 rings (SSSR count). The number of nitrogens with zero attached hydrogens (tertiary/aromatic N) is 1. The monoisotopic (exact) mass is 246 g/mol. The molecular formula is C15H20NO2. The van der Waals surface area contributed by atoms with E-state index in [0.29, 0.717) is 5.75 Å². The molecule has 0 N–H and O–H groups in total. The Morgan fingerprint density at radius 2 is 2.00 bits per heavy atom. The van der Waals surface area contributed by atoms with Crippen molar-refractivity contribution < 1.29 is 9.53 Å². The number of allylic oxidation sites excluding steroid dienone is 2. The van der Waals surface area contributed by atoms with Crippen molar-refractivity contribution in [2.24, 2.45) is 0 Å². The van der Waals surface area contributed by atoms with Crippen molar-refractivity contribution in [1.82, 2.24) is 4.90 Å². The Labute approximate surface area is 109 Å². The predicted molar refractivity (Wildman–Crippen MR) is 74.2 cm³/mol. The first-order valence-electron chi connectivity index (χ1n) is 5.90. The van der Waals surface area contributed by atoms with Crippen LogP contribution in [0.4, 0.5) is 0 Å².